The highest BCUT2D eigenvalue weighted by atomic mass is 16.5. The first-order valence-electron chi connectivity index (χ1n) is 8.23. The minimum atomic E-state index is 0.362. The van der Waals surface area contributed by atoms with Crippen molar-refractivity contribution in [2.24, 2.45) is 5.73 Å². The molecule has 1 unspecified atom stereocenters. The molecule has 1 aromatic rings. The van der Waals surface area contributed by atoms with Crippen LogP contribution < -0.4 is 10.5 Å². The largest absolute Gasteiger partial charge is 0.494 e. The van der Waals surface area contributed by atoms with E-state index in [1.165, 1.54) is 31.2 Å². The van der Waals surface area contributed by atoms with Crippen LogP contribution in [0, 0.1) is 0 Å². The molecule has 0 spiro atoms. The summed E-state index contributed by atoms with van der Waals surface area (Å²) in [5.74, 6) is 0.996. The fourth-order valence-electron chi connectivity index (χ4n) is 2.24. The maximum atomic E-state index is 5.93. The normalized spacial score (nSPS) is 12.3. The molecule has 20 heavy (non-hydrogen) atoms. The number of aryl methyl sites for hydroxylation is 1. The van der Waals surface area contributed by atoms with E-state index in [2.05, 4.69) is 38.1 Å². The number of nitrogens with two attached hydrogens (primary N) is 1. The van der Waals surface area contributed by atoms with E-state index in [-0.39, 0.29) is 0 Å². The third-order valence-corrected chi connectivity index (χ3v) is 3.75. The molecule has 114 valence electrons. The summed E-state index contributed by atoms with van der Waals surface area (Å²) in [6.45, 7) is 5.22. The molecule has 0 amide bonds. The predicted molar refractivity (Wildman–Crippen MR) is 87.3 cm³/mol. The van der Waals surface area contributed by atoms with Crippen LogP contribution in [0.5, 0.6) is 5.75 Å². The van der Waals surface area contributed by atoms with Crippen molar-refractivity contribution in [1.29, 1.82) is 0 Å². The maximum Gasteiger partial charge on any atom is 0.119 e. The highest BCUT2D eigenvalue weighted by Gasteiger charge is 2.00. The first-order chi connectivity index (χ1) is 9.76. The van der Waals surface area contributed by atoms with E-state index in [1.54, 1.807) is 0 Å². The zero-order chi connectivity index (χ0) is 14.6. The number of hydrogen-bond donors (Lipinski definition) is 1. The first kappa shape index (κ1) is 17.0. The van der Waals surface area contributed by atoms with Crippen LogP contribution in [0.3, 0.4) is 0 Å². The van der Waals surface area contributed by atoms with Gasteiger partial charge in [-0.3, -0.25) is 0 Å². The number of benzene rings is 1. The second kappa shape index (κ2) is 10.7. The van der Waals surface area contributed by atoms with Crippen LogP contribution >= 0.6 is 0 Å². The summed E-state index contributed by atoms with van der Waals surface area (Å²) in [5, 5.41) is 0. The van der Waals surface area contributed by atoms with Crippen LogP contribution in [0.25, 0.3) is 0 Å². The van der Waals surface area contributed by atoms with E-state index in [1.807, 2.05) is 0 Å². The van der Waals surface area contributed by atoms with Crippen molar-refractivity contribution in [2.45, 2.75) is 71.3 Å². The van der Waals surface area contributed by atoms with Crippen molar-refractivity contribution < 1.29 is 4.74 Å². The monoisotopic (exact) mass is 277 g/mol. The van der Waals surface area contributed by atoms with Crippen LogP contribution in [0.4, 0.5) is 0 Å². The molecule has 1 rings (SSSR count). The van der Waals surface area contributed by atoms with Gasteiger partial charge in [-0.05, 0) is 49.8 Å². The first-order valence-corrected chi connectivity index (χ1v) is 8.23. The molecule has 0 aliphatic rings. The Bertz CT molecular complexity index is 334. The van der Waals surface area contributed by atoms with Gasteiger partial charge in [0.1, 0.15) is 5.75 Å². The van der Waals surface area contributed by atoms with Crippen molar-refractivity contribution >= 4 is 0 Å². The number of rotatable bonds is 11. The van der Waals surface area contributed by atoms with Crippen molar-refractivity contribution in [3.63, 3.8) is 0 Å². The van der Waals surface area contributed by atoms with Crippen molar-refractivity contribution in [3.8, 4) is 5.75 Å². The molecule has 0 aliphatic heterocycles. The molecule has 0 aliphatic carbocycles. The van der Waals surface area contributed by atoms with Crippen LogP contribution in [0.15, 0.2) is 24.3 Å². The van der Waals surface area contributed by atoms with E-state index in [0.717, 1.165) is 38.0 Å². The summed E-state index contributed by atoms with van der Waals surface area (Å²) in [7, 11) is 0. The molecule has 2 heteroatoms. The lowest BCUT2D eigenvalue weighted by Crippen LogP contribution is -2.18. The quantitative estimate of drug-likeness (QED) is 0.595. The van der Waals surface area contributed by atoms with Gasteiger partial charge in [0, 0.05) is 6.04 Å². The molecular weight excluding hydrogens is 246 g/mol. The Balaban J connectivity index is 2.19. The zero-order valence-electron chi connectivity index (χ0n) is 13.2. The maximum absolute atomic E-state index is 5.93. The standard InChI is InChI=1S/C18H31NO/c1-3-5-6-7-15-20-18-13-11-16(12-14-18)9-8-10-17(19)4-2/h11-14,17H,3-10,15,19H2,1-2H3. The van der Waals surface area contributed by atoms with Gasteiger partial charge in [0.05, 0.1) is 6.61 Å². The minimum absolute atomic E-state index is 0.362. The molecule has 1 atom stereocenters. The molecule has 0 radical (unpaired) electrons. The molecular formula is C18H31NO. The van der Waals surface area contributed by atoms with Crippen molar-refractivity contribution in [2.75, 3.05) is 6.61 Å². The molecule has 0 fully saturated rings. The third kappa shape index (κ3) is 7.54. The highest BCUT2D eigenvalue weighted by molar-refractivity contribution is 5.27. The smallest absolute Gasteiger partial charge is 0.119 e. The second-order valence-corrected chi connectivity index (χ2v) is 5.61. The van der Waals surface area contributed by atoms with Gasteiger partial charge in [0.2, 0.25) is 0 Å². The third-order valence-electron chi connectivity index (χ3n) is 3.75. The fraction of sp³-hybridized carbons (Fsp3) is 0.667. The Hall–Kier alpha value is -1.02. The van der Waals surface area contributed by atoms with Crippen LogP contribution in [0.1, 0.15) is 64.4 Å². The summed E-state index contributed by atoms with van der Waals surface area (Å²) in [6.07, 6.45) is 9.49. The molecule has 0 saturated heterocycles. The Morgan fingerprint density at radius 1 is 1.00 bits per heavy atom. The van der Waals surface area contributed by atoms with E-state index in [9.17, 15) is 0 Å². The molecule has 2 N–H and O–H groups in total. The van der Waals surface area contributed by atoms with Gasteiger partial charge in [-0.25, -0.2) is 0 Å². The summed E-state index contributed by atoms with van der Waals surface area (Å²) in [5.41, 5.74) is 7.31. The molecule has 0 heterocycles. The molecule has 1 aromatic carbocycles. The molecule has 0 saturated carbocycles. The lowest BCUT2D eigenvalue weighted by Gasteiger charge is -2.09. The molecule has 0 aromatic heterocycles. The summed E-state index contributed by atoms with van der Waals surface area (Å²) >= 11 is 0. The lowest BCUT2D eigenvalue weighted by molar-refractivity contribution is 0.305. The number of unbranched alkanes of at least 4 members (excludes halogenated alkanes) is 3. The van der Waals surface area contributed by atoms with Crippen molar-refractivity contribution in [3.05, 3.63) is 29.8 Å². The van der Waals surface area contributed by atoms with Crippen LogP contribution in [-0.4, -0.2) is 12.6 Å². The topological polar surface area (TPSA) is 35.2 Å². The van der Waals surface area contributed by atoms with Crippen LogP contribution in [-0.2, 0) is 6.42 Å². The van der Waals surface area contributed by atoms with Gasteiger partial charge in [0.25, 0.3) is 0 Å². The predicted octanol–water partition coefficient (Wildman–Crippen LogP) is 4.71. The molecule has 0 bridgehead atoms. The van der Waals surface area contributed by atoms with Gasteiger partial charge in [-0.2, -0.15) is 0 Å². The van der Waals surface area contributed by atoms with Gasteiger partial charge < -0.3 is 10.5 Å². The zero-order valence-corrected chi connectivity index (χ0v) is 13.2. The van der Waals surface area contributed by atoms with E-state index in [0.29, 0.717) is 6.04 Å². The van der Waals surface area contributed by atoms with E-state index in [4.69, 9.17) is 10.5 Å². The Kier molecular flexibility index (Phi) is 9.14. The summed E-state index contributed by atoms with van der Waals surface area (Å²) < 4.78 is 5.75. The van der Waals surface area contributed by atoms with Gasteiger partial charge in [-0.1, -0.05) is 45.2 Å². The SMILES string of the molecule is CCCCCCOc1ccc(CCCC(N)CC)cc1. The van der Waals surface area contributed by atoms with E-state index < -0.39 is 0 Å². The molecule has 2 nitrogen and oxygen atoms in total. The number of hydrogen-bond acceptors (Lipinski definition) is 2. The van der Waals surface area contributed by atoms with Gasteiger partial charge >= 0.3 is 0 Å². The van der Waals surface area contributed by atoms with Crippen molar-refractivity contribution in [1.82, 2.24) is 0 Å². The number of ether oxygens (including phenoxy) is 1. The fourth-order valence-corrected chi connectivity index (χ4v) is 2.24. The minimum Gasteiger partial charge on any atom is -0.494 e. The Morgan fingerprint density at radius 2 is 1.75 bits per heavy atom. The highest BCUT2D eigenvalue weighted by Crippen LogP contribution is 2.15. The lowest BCUT2D eigenvalue weighted by atomic mass is 10.0. The van der Waals surface area contributed by atoms with Gasteiger partial charge in [0.15, 0.2) is 0 Å². The average Bonchev–Trinajstić information content (AvgIpc) is 2.48. The summed E-state index contributed by atoms with van der Waals surface area (Å²) in [6, 6.07) is 8.90. The Morgan fingerprint density at radius 3 is 2.40 bits per heavy atom. The second-order valence-electron chi connectivity index (χ2n) is 5.61. The van der Waals surface area contributed by atoms with Crippen LogP contribution in [0.2, 0.25) is 0 Å². The Labute approximate surface area is 124 Å². The van der Waals surface area contributed by atoms with Gasteiger partial charge in [-0.15, -0.1) is 0 Å². The summed E-state index contributed by atoms with van der Waals surface area (Å²) in [4.78, 5) is 0. The van der Waals surface area contributed by atoms with E-state index >= 15 is 0 Å². The average molecular weight is 277 g/mol.